The molecule has 0 fully saturated rings. The molecule has 0 aliphatic heterocycles. The van der Waals surface area contributed by atoms with E-state index in [-0.39, 0.29) is 5.82 Å². The molecule has 1 heterocycles. The zero-order valence-electron chi connectivity index (χ0n) is 12.6. The summed E-state index contributed by atoms with van der Waals surface area (Å²) in [6.45, 7) is 4.37. The van der Waals surface area contributed by atoms with Crippen LogP contribution in [0.2, 0.25) is 0 Å². The predicted molar refractivity (Wildman–Crippen MR) is 82.7 cm³/mol. The van der Waals surface area contributed by atoms with Crippen LogP contribution in [0.25, 0.3) is 0 Å². The predicted octanol–water partition coefficient (Wildman–Crippen LogP) is 2.56. The van der Waals surface area contributed by atoms with Gasteiger partial charge < -0.3 is 15.5 Å². The molecule has 0 spiro atoms. The Morgan fingerprint density at radius 1 is 1.14 bits per heavy atom. The van der Waals surface area contributed by atoms with Crippen LogP contribution in [0.15, 0.2) is 18.2 Å². The van der Waals surface area contributed by atoms with Gasteiger partial charge in [0.15, 0.2) is 0 Å². The molecule has 0 atom stereocenters. The molecule has 2 N–H and O–H groups in total. The molecule has 0 amide bonds. The Kier molecular flexibility index (Phi) is 4.52. The van der Waals surface area contributed by atoms with Gasteiger partial charge in [-0.25, -0.2) is 4.39 Å². The molecule has 0 radical (unpaired) electrons. The highest BCUT2D eigenvalue weighted by atomic mass is 19.1. The second kappa shape index (κ2) is 6.34. The van der Waals surface area contributed by atoms with E-state index in [1.807, 2.05) is 21.0 Å². The average molecular weight is 290 g/mol. The van der Waals surface area contributed by atoms with E-state index >= 15 is 0 Å². The van der Waals surface area contributed by atoms with Gasteiger partial charge in [0.25, 0.3) is 0 Å². The molecule has 0 bridgehead atoms. The van der Waals surface area contributed by atoms with Gasteiger partial charge in [0.05, 0.1) is 0 Å². The highest BCUT2D eigenvalue weighted by Gasteiger charge is 2.10. The summed E-state index contributed by atoms with van der Waals surface area (Å²) in [6.07, 6.45) is 0. The Balaban J connectivity index is 2.36. The molecular weight excluding hydrogens is 271 g/mol. The van der Waals surface area contributed by atoms with Crippen molar-refractivity contribution in [1.29, 1.82) is 0 Å². The summed E-state index contributed by atoms with van der Waals surface area (Å²) in [5.41, 5.74) is 1.16. The van der Waals surface area contributed by atoms with Crippen molar-refractivity contribution in [2.45, 2.75) is 13.8 Å². The highest BCUT2D eigenvalue weighted by Crippen LogP contribution is 2.21. The van der Waals surface area contributed by atoms with Crippen LogP contribution >= 0.6 is 0 Å². The van der Waals surface area contributed by atoms with Crippen molar-refractivity contribution in [2.75, 3.05) is 36.2 Å². The van der Waals surface area contributed by atoms with Gasteiger partial charge in [0.1, 0.15) is 5.82 Å². The third kappa shape index (κ3) is 3.56. The molecule has 1 aromatic carbocycles. The summed E-state index contributed by atoms with van der Waals surface area (Å²) in [6, 6.07) is 4.84. The van der Waals surface area contributed by atoms with Gasteiger partial charge in [-0.2, -0.15) is 15.0 Å². The van der Waals surface area contributed by atoms with E-state index in [9.17, 15) is 4.39 Å². The van der Waals surface area contributed by atoms with Crippen molar-refractivity contribution >= 4 is 23.5 Å². The number of anilines is 4. The zero-order chi connectivity index (χ0) is 15.4. The molecule has 0 aliphatic rings. The SMILES string of the molecule is CCNc1nc(Nc2cccc(F)c2C)nc(N(C)C)n1. The lowest BCUT2D eigenvalue weighted by Crippen LogP contribution is -2.16. The van der Waals surface area contributed by atoms with E-state index in [0.29, 0.717) is 35.6 Å². The Morgan fingerprint density at radius 2 is 1.86 bits per heavy atom. The van der Waals surface area contributed by atoms with Crippen LogP contribution < -0.4 is 15.5 Å². The number of halogens is 1. The first-order valence-corrected chi connectivity index (χ1v) is 6.70. The number of nitrogens with one attached hydrogen (secondary N) is 2. The summed E-state index contributed by atoms with van der Waals surface area (Å²) in [4.78, 5) is 14.7. The smallest absolute Gasteiger partial charge is 0.233 e. The lowest BCUT2D eigenvalue weighted by Gasteiger charge is -2.14. The first kappa shape index (κ1) is 15.0. The largest absolute Gasteiger partial charge is 0.354 e. The molecule has 21 heavy (non-hydrogen) atoms. The Morgan fingerprint density at radius 3 is 2.52 bits per heavy atom. The van der Waals surface area contributed by atoms with Crippen molar-refractivity contribution in [3.05, 3.63) is 29.6 Å². The fourth-order valence-corrected chi connectivity index (χ4v) is 1.72. The van der Waals surface area contributed by atoms with Crippen molar-refractivity contribution < 1.29 is 4.39 Å². The number of hydrogen-bond donors (Lipinski definition) is 2. The first-order chi connectivity index (χ1) is 10.0. The average Bonchev–Trinajstić information content (AvgIpc) is 2.44. The van der Waals surface area contributed by atoms with Crippen molar-refractivity contribution in [3.8, 4) is 0 Å². The minimum absolute atomic E-state index is 0.270. The quantitative estimate of drug-likeness (QED) is 0.882. The first-order valence-electron chi connectivity index (χ1n) is 6.70. The maximum atomic E-state index is 13.6. The van der Waals surface area contributed by atoms with Crippen molar-refractivity contribution in [3.63, 3.8) is 0 Å². The minimum Gasteiger partial charge on any atom is -0.354 e. The summed E-state index contributed by atoms with van der Waals surface area (Å²) < 4.78 is 13.6. The maximum absolute atomic E-state index is 13.6. The minimum atomic E-state index is -0.270. The van der Waals surface area contributed by atoms with Gasteiger partial charge in [-0.3, -0.25) is 0 Å². The molecular formula is C14H19FN6. The van der Waals surface area contributed by atoms with Gasteiger partial charge >= 0.3 is 0 Å². The highest BCUT2D eigenvalue weighted by molar-refractivity contribution is 5.59. The van der Waals surface area contributed by atoms with E-state index < -0.39 is 0 Å². The molecule has 7 heteroatoms. The molecule has 0 unspecified atom stereocenters. The Hall–Kier alpha value is -2.44. The van der Waals surface area contributed by atoms with Gasteiger partial charge in [-0.15, -0.1) is 0 Å². The van der Waals surface area contributed by atoms with Crippen molar-refractivity contribution in [1.82, 2.24) is 15.0 Å². The molecule has 6 nitrogen and oxygen atoms in total. The summed E-state index contributed by atoms with van der Waals surface area (Å²) in [5.74, 6) is 1.11. The van der Waals surface area contributed by atoms with E-state index in [4.69, 9.17) is 0 Å². The van der Waals surface area contributed by atoms with E-state index in [1.54, 1.807) is 24.0 Å². The molecule has 2 aromatic rings. The molecule has 1 aromatic heterocycles. The van der Waals surface area contributed by atoms with Crippen LogP contribution in [-0.2, 0) is 0 Å². The third-order valence-electron chi connectivity index (χ3n) is 2.87. The van der Waals surface area contributed by atoms with Gasteiger partial charge in [0, 0.05) is 31.9 Å². The normalized spacial score (nSPS) is 10.3. The van der Waals surface area contributed by atoms with E-state index in [0.717, 1.165) is 0 Å². The summed E-state index contributed by atoms with van der Waals surface area (Å²) >= 11 is 0. The fraction of sp³-hybridized carbons (Fsp3) is 0.357. The fourth-order valence-electron chi connectivity index (χ4n) is 1.72. The topological polar surface area (TPSA) is 66.0 Å². The van der Waals surface area contributed by atoms with Crippen LogP contribution in [0.5, 0.6) is 0 Å². The molecule has 112 valence electrons. The number of nitrogens with zero attached hydrogens (tertiary/aromatic N) is 4. The van der Waals surface area contributed by atoms with Gasteiger partial charge in [-0.1, -0.05) is 6.07 Å². The molecule has 2 rings (SSSR count). The zero-order valence-corrected chi connectivity index (χ0v) is 12.6. The lowest BCUT2D eigenvalue weighted by atomic mass is 10.2. The van der Waals surface area contributed by atoms with Crippen LogP contribution in [0, 0.1) is 12.7 Å². The van der Waals surface area contributed by atoms with Crippen LogP contribution in [0.1, 0.15) is 12.5 Å². The lowest BCUT2D eigenvalue weighted by molar-refractivity contribution is 0.619. The number of aromatic nitrogens is 3. The maximum Gasteiger partial charge on any atom is 0.233 e. The number of hydrogen-bond acceptors (Lipinski definition) is 6. The molecule has 0 saturated heterocycles. The van der Waals surface area contributed by atoms with Gasteiger partial charge in [0.2, 0.25) is 17.8 Å². The van der Waals surface area contributed by atoms with E-state index in [1.165, 1.54) is 6.07 Å². The Bertz CT molecular complexity index is 629. The second-order valence-electron chi connectivity index (χ2n) is 4.74. The second-order valence-corrected chi connectivity index (χ2v) is 4.74. The number of benzene rings is 1. The van der Waals surface area contributed by atoms with E-state index in [2.05, 4.69) is 25.6 Å². The monoisotopic (exact) mass is 290 g/mol. The van der Waals surface area contributed by atoms with Crippen LogP contribution in [0.4, 0.5) is 27.9 Å². The standard InChI is InChI=1S/C14H19FN6/c1-5-16-12-18-13(20-14(19-12)21(3)4)17-11-8-6-7-10(15)9(11)2/h6-8H,5H2,1-4H3,(H2,16,17,18,19,20). The summed E-state index contributed by atoms with van der Waals surface area (Å²) in [7, 11) is 3.70. The van der Waals surface area contributed by atoms with Gasteiger partial charge in [-0.05, 0) is 26.0 Å². The van der Waals surface area contributed by atoms with Crippen molar-refractivity contribution in [2.24, 2.45) is 0 Å². The molecule has 0 aliphatic carbocycles. The third-order valence-corrected chi connectivity index (χ3v) is 2.87. The molecule has 0 saturated carbocycles. The number of rotatable bonds is 5. The van der Waals surface area contributed by atoms with Crippen LogP contribution in [-0.4, -0.2) is 35.6 Å². The summed E-state index contributed by atoms with van der Waals surface area (Å²) in [5, 5.41) is 6.09. The Labute approximate surface area is 123 Å². The van der Waals surface area contributed by atoms with Crippen LogP contribution in [0.3, 0.4) is 0 Å².